The van der Waals surface area contributed by atoms with Crippen LogP contribution in [-0.4, -0.2) is 33.3 Å². The van der Waals surface area contributed by atoms with Crippen LogP contribution in [0.25, 0.3) is 0 Å². The van der Waals surface area contributed by atoms with Gasteiger partial charge >= 0.3 is 0 Å². The van der Waals surface area contributed by atoms with Crippen LogP contribution in [0.2, 0.25) is 0 Å². The summed E-state index contributed by atoms with van der Waals surface area (Å²) in [6.45, 7) is 6.28. The summed E-state index contributed by atoms with van der Waals surface area (Å²) >= 11 is 0. The third kappa shape index (κ3) is 8.41. The molecule has 0 aliphatic carbocycles. The monoisotopic (exact) mass is 493 g/mol. The maximum atomic E-state index is 12.5. The number of rotatable bonds is 8. The van der Waals surface area contributed by atoms with Crippen LogP contribution < -0.4 is 16.5 Å². The molecule has 36 heavy (non-hydrogen) atoms. The smallest absolute Gasteiger partial charge is 0.268 e. The van der Waals surface area contributed by atoms with Crippen molar-refractivity contribution in [3.05, 3.63) is 95.1 Å². The van der Waals surface area contributed by atoms with Gasteiger partial charge in [-0.2, -0.15) is 0 Å². The summed E-state index contributed by atoms with van der Waals surface area (Å²) in [5.41, 5.74) is 10.7. The molecule has 2 unspecified atom stereocenters. The number of amides is 2. The number of nitrogens with one attached hydrogen (secondary N) is 2. The first-order valence-corrected chi connectivity index (χ1v) is 11.8. The standard InChI is InChI=1S/C21H26N2O5.C7H9N/c1-3-4-13(2)14-5-7-16(8-6-14)20(26)22-18(21(27)23-28)19(25)15-9-11-17(24)12-10-15;1-6-2-4-7(8)5-3-6/h5-13,18-19,24-25,28H,3-4H2,1-2H3,(H,22,26)(H,23,27);2-5H,8H2,1H3/t13-,18?,19?;/m1./s1. The van der Waals surface area contributed by atoms with Crippen LogP contribution in [0.4, 0.5) is 5.69 Å². The highest BCUT2D eigenvalue weighted by atomic mass is 16.5. The fourth-order valence-corrected chi connectivity index (χ4v) is 3.58. The Morgan fingerprint density at radius 3 is 1.97 bits per heavy atom. The number of aliphatic hydroxyl groups excluding tert-OH is 1. The van der Waals surface area contributed by atoms with Crippen LogP contribution in [0.15, 0.2) is 72.8 Å². The van der Waals surface area contributed by atoms with Gasteiger partial charge in [0.25, 0.3) is 11.8 Å². The number of hydroxylamine groups is 1. The number of phenolic OH excluding ortho intramolecular Hbond substituents is 1. The van der Waals surface area contributed by atoms with E-state index < -0.39 is 24.0 Å². The predicted molar refractivity (Wildman–Crippen MR) is 140 cm³/mol. The van der Waals surface area contributed by atoms with Gasteiger partial charge in [-0.25, -0.2) is 5.48 Å². The van der Waals surface area contributed by atoms with Crippen molar-refractivity contribution in [2.24, 2.45) is 0 Å². The number of benzene rings is 3. The molecular weight excluding hydrogens is 458 g/mol. The van der Waals surface area contributed by atoms with Crippen molar-refractivity contribution < 1.29 is 25.0 Å². The average molecular weight is 494 g/mol. The molecule has 8 nitrogen and oxygen atoms in total. The van der Waals surface area contributed by atoms with E-state index in [1.54, 1.807) is 12.1 Å². The molecule has 0 fully saturated rings. The fourth-order valence-electron chi connectivity index (χ4n) is 3.58. The minimum atomic E-state index is -1.42. The van der Waals surface area contributed by atoms with Crippen molar-refractivity contribution in [1.29, 1.82) is 0 Å². The zero-order chi connectivity index (χ0) is 26.7. The lowest BCUT2D eigenvalue weighted by Crippen LogP contribution is -2.49. The van der Waals surface area contributed by atoms with Gasteiger partial charge in [0.1, 0.15) is 17.9 Å². The molecule has 3 aromatic carbocycles. The van der Waals surface area contributed by atoms with Crippen LogP contribution in [0.3, 0.4) is 0 Å². The Kier molecular flexibility index (Phi) is 10.9. The molecule has 2 amide bonds. The van der Waals surface area contributed by atoms with E-state index in [0.29, 0.717) is 17.0 Å². The van der Waals surface area contributed by atoms with E-state index >= 15 is 0 Å². The summed E-state index contributed by atoms with van der Waals surface area (Å²) in [5.74, 6) is -1.13. The van der Waals surface area contributed by atoms with Gasteiger partial charge in [0, 0.05) is 11.3 Å². The van der Waals surface area contributed by atoms with Gasteiger partial charge in [0.15, 0.2) is 0 Å². The molecule has 0 aromatic heterocycles. The second-order valence-corrected chi connectivity index (χ2v) is 8.69. The van der Waals surface area contributed by atoms with Crippen molar-refractivity contribution in [3.8, 4) is 5.75 Å². The zero-order valence-electron chi connectivity index (χ0n) is 20.8. The fraction of sp³-hybridized carbons (Fsp3) is 0.286. The lowest BCUT2D eigenvalue weighted by Gasteiger charge is -2.23. The molecule has 0 bridgehead atoms. The second-order valence-electron chi connectivity index (χ2n) is 8.69. The number of aromatic hydroxyl groups is 1. The maximum absolute atomic E-state index is 12.5. The van der Waals surface area contributed by atoms with E-state index in [0.717, 1.165) is 24.1 Å². The molecule has 3 atom stereocenters. The summed E-state index contributed by atoms with van der Waals surface area (Å²) in [4.78, 5) is 24.5. The quantitative estimate of drug-likeness (QED) is 0.157. The number of carbonyl (C=O) groups excluding carboxylic acids is 2. The Bertz CT molecular complexity index is 1080. The van der Waals surface area contributed by atoms with Crippen LogP contribution >= 0.6 is 0 Å². The lowest BCUT2D eigenvalue weighted by atomic mass is 9.95. The van der Waals surface area contributed by atoms with Crippen LogP contribution in [0.1, 0.15) is 65.8 Å². The Morgan fingerprint density at radius 2 is 1.47 bits per heavy atom. The predicted octanol–water partition coefficient (Wildman–Crippen LogP) is 4.21. The first-order chi connectivity index (χ1) is 17.2. The van der Waals surface area contributed by atoms with Gasteiger partial charge < -0.3 is 21.3 Å². The van der Waals surface area contributed by atoms with Crippen molar-refractivity contribution >= 4 is 17.5 Å². The number of carbonyl (C=O) groups is 2. The van der Waals surface area contributed by atoms with E-state index in [2.05, 4.69) is 19.2 Å². The Labute approximate surface area is 211 Å². The molecule has 0 radical (unpaired) electrons. The molecular formula is C28H35N3O5. The number of anilines is 1. The highest BCUT2D eigenvalue weighted by molar-refractivity contribution is 5.97. The van der Waals surface area contributed by atoms with E-state index in [1.807, 2.05) is 43.3 Å². The lowest BCUT2D eigenvalue weighted by molar-refractivity contribution is -0.134. The molecule has 0 heterocycles. The average Bonchev–Trinajstić information content (AvgIpc) is 2.89. The highest BCUT2D eigenvalue weighted by Gasteiger charge is 2.30. The molecule has 0 saturated heterocycles. The minimum absolute atomic E-state index is 0.000497. The van der Waals surface area contributed by atoms with Crippen LogP contribution in [-0.2, 0) is 4.79 Å². The first kappa shape index (κ1) is 28.4. The van der Waals surface area contributed by atoms with Gasteiger partial charge in [0.2, 0.25) is 0 Å². The number of nitrogens with two attached hydrogens (primary N) is 1. The summed E-state index contributed by atoms with van der Waals surface area (Å²) in [6.07, 6.45) is 0.695. The molecule has 0 spiro atoms. The van der Waals surface area contributed by atoms with E-state index in [4.69, 9.17) is 10.9 Å². The number of aliphatic hydroxyl groups is 1. The van der Waals surface area contributed by atoms with Gasteiger partial charge in [0.05, 0.1) is 0 Å². The first-order valence-electron chi connectivity index (χ1n) is 11.8. The minimum Gasteiger partial charge on any atom is -0.508 e. The molecule has 7 N–H and O–H groups in total. The zero-order valence-corrected chi connectivity index (χ0v) is 20.8. The van der Waals surface area contributed by atoms with Gasteiger partial charge in [-0.05, 0) is 66.8 Å². The topological polar surface area (TPSA) is 145 Å². The Morgan fingerprint density at radius 1 is 0.917 bits per heavy atom. The molecule has 3 aromatic rings. The largest absolute Gasteiger partial charge is 0.508 e. The van der Waals surface area contributed by atoms with Gasteiger partial charge in [-0.3, -0.25) is 14.8 Å². The van der Waals surface area contributed by atoms with Crippen molar-refractivity contribution in [3.63, 3.8) is 0 Å². The maximum Gasteiger partial charge on any atom is 0.268 e. The highest BCUT2D eigenvalue weighted by Crippen LogP contribution is 2.22. The molecule has 0 aliphatic heterocycles. The second kappa shape index (κ2) is 13.9. The van der Waals surface area contributed by atoms with Gasteiger partial charge in [-0.1, -0.05) is 62.2 Å². The number of aryl methyl sites for hydroxylation is 1. The van der Waals surface area contributed by atoms with E-state index in [1.165, 1.54) is 35.3 Å². The number of nitrogen functional groups attached to an aromatic ring is 1. The SMILES string of the molecule is CCC[C@@H](C)c1ccc(C(=O)NC(C(=O)NO)C(O)c2ccc(O)cc2)cc1.Cc1ccc(N)cc1. The van der Waals surface area contributed by atoms with Crippen molar-refractivity contribution in [1.82, 2.24) is 10.8 Å². The van der Waals surface area contributed by atoms with Crippen LogP contribution in [0, 0.1) is 6.92 Å². The summed E-state index contributed by atoms with van der Waals surface area (Å²) < 4.78 is 0. The summed E-state index contributed by atoms with van der Waals surface area (Å²) in [5, 5.41) is 31.2. The molecule has 0 saturated carbocycles. The number of hydrogen-bond donors (Lipinski definition) is 6. The molecule has 3 rings (SSSR count). The number of hydrogen-bond acceptors (Lipinski definition) is 6. The molecule has 192 valence electrons. The Hall–Kier alpha value is -3.88. The number of phenols is 1. The van der Waals surface area contributed by atoms with Crippen molar-refractivity contribution in [2.75, 3.05) is 5.73 Å². The van der Waals surface area contributed by atoms with E-state index in [9.17, 15) is 19.8 Å². The third-order valence-electron chi connectivity index (χ3n) is 5.77. The molecule has 0 aliphatic rings. The summed E-state index contributed by atoms with van der Waals surface area (Å²) in [6, 6.07) is 19.0. The van der Waals surface area contributed by atoms with Crippen LogP contribution in [0.5, 0.6) is 5.75 Å². The third-order valence-corrected chi connectivity index (χ3v) is 5.77. The molecule has 8 heteroatoms. The summed E-state index contributed by atoms with van der Waals surface area (Å²) in [7, 11) is 0. The Balaban J connectivity index is 0.000000482. The van der Waals surface area contributed by atoms with E-state index in [-0.39, 0.29) is 5.75 Å². The van der Waals surface area contributed by atoms with Gasteiger partial charge in [-0.15, -0.1) is 0 Å². The van der Waals surface area contributed by atoms with Crippen molar-refractivity contribution in [2.45, 2.75) is 51.7 Å². The normalized spacial score (nSPS) is 12.9.